The normalized spacial score (nSPS) is 16.0. The lowest BCUT2D eigenvalue weighted by atomic mass is 10.1. The first kappa shape index (κ1) is 21.2. The van der Waals surface area contributed by atoms with E-state index in [1.807, 2.05) is 5.32 Å². The molecule has 0 aromatic heterocycles. The molecule has 0 bridgehead atoms. The summed E-state index contributed by atoms with van der Waals surface area (Å²) in [5, 5.41) is 31.7. The van der Waals surface area contributed by atoms with Crippen LogP contribution in [0.1, 0.15) is 26.2 Å². The molecule has 23 heavy (non-hydrogen) atoms. The van der Waals surface area contributed by atoms with Gasteiger partial charge >= 0.3 is 5.97 Å². The van der Waals surface area contributed by atoms with E-state index in [1.165, 1.54) is 6.92 Å². The fraction of sp³-hybridized carbons (Fsp3) is 0.769. The van der Waals surface area contributed by atoms with Gasteiger partial charge in [0.05, 0.1) is 18.8 Å². The molecular weight excluding hydrogens is 308 g/mol. The van der Waals surface area contributed by atoms with Crippen LogP contribution in [-0.4, -0.2) is 70.5 Å². The van der Waals surface area contributed by atoms with Crippen molar-refractivity contribution in [1.82, 2.24) is 10.6 Å². The Bertz CT molecular complexity index is 404. The van der Waals surface area contributed by atoms with Gasteiger partial charge in [0.25, 0.3) is 0 Å². The molecule has 0 radical (unpaired) electrons. The molecule has 0 saturated carbocycles. The summed E-state index contributed by atoms with van der Waals surface area (Å²) in [6, 6.07) is -3.77. The van der Waals surface area contributed by atoms with E-state index in [1.54, 1.807) is 0 Å². The Kier molecular flexibility index (Phi) is 10.1. The van der Waals surface area contributed by atoms with E-state index in [2.05, 4.69) is 5.32 Å². The van der Waals surface area contributed by atoms with Crippen molar-refractivity contribution in [2.75, 3.05) is 13.2 Å². The van der Waals surface area contributed by atoms with Crippen molar-refractivity contribution in [3.05, 3.63) is 0 Å². The quantitative estimate of drug-likeness (QED) is 0.193. The van der Waals surface area contributed by atoms with Crippen LogP contribution in [0.2, 0.25) is 0 Å². The van der Waals surface area contributed by atoms with Crippen molar-refractivity contribution in [3.63, 3.8) is 0 Å². The number of carboxylic acids is 1. The van der Waals surface area contributed by atoms with Gasteiger partial charge in [0.15, 0.2) is 6.04 Å². The van der Waals surface area contributed by atoms with Gasteiger partial charge in [0.1, 0.15) is 6.04 Å². The zero-order chi connectivity index (χ0) is 18.0. The highest BCUT2D eigenvalue weighted by Crippen LogP contribution is 2.00. The van der Waals surface area contributed by atoms with E-state index in [-0.39, 0.29) is 0 Å². The molecule has 4 unspecified atom stereocenters. The zero-order valence-electron chi connectivity index (χ0n) is 13.1. The van der Waals surface area contributed by atoms with Crippen molar-refractivity contribution in [2.45, 2.75) is 50.4 Å². The number of amides is 2. The minimum atomic E-state index is -1.55. The Hall–Kier alpha value is -1.75. The van der Waals surface area contributed by atoms with E-state index in [9.17, 15) is 24.6 Å². The number of aliphatic carboxylic acids is 1. The number of carbonyl (C=O) groups is 3. The first-order valence-electron chi connectivity index (χ1n) is 7.32. The topological polar surface area (TPSA) is 188 Å². The third-order valence-corrected chi connectivity index (χ3v) is 3.17. The summed E-state index contributed by atoms with van der Waals surface area (Å²) in [4.78, 5) is 34.6. The van der Waals surface area contributed by atoms with Gasteiger partial charge in [-0.05, 0) is 26.3 Å². The zero-order valence-corrected chi connectivity index (χ0v) is 13.1. The number of unbranched alkanes of at least 4 members (excludes halogenated alkanes) is 1. The Labute approximate surface area is 134 Å². The standard InChI is InChI=1S/C13H26N4O6/c1-7(19)10(13(22)23)17-12(21)9(6-18)16-11(20)8(15)4-2-3-5-14/h7-10,18-19H,2-6,14-15H2,1H3,(H,16,20)(H,17,21)(H,22,23). The summed E-state index contributed by atoms with van der Waals surface area (Å²) in [5.41, 5.74) is 11.0. The fourth-order valence-electron chi connectivity index (χ4n) is 1.76. The van der Waals surface area contributed by atoms with Gasteiger partial charge in [-0.3, -0.25) is 9.59 Å². The molecule has 0 aliphatic rings. The van der Waals surface area contributed by atoms with Crippen LogP contribution in [0.15, 0.2) is 0 Å². The second kappa shape index (κ2) is 10.9. The maximum atomic E-state index is 11.9. The molecule has 0 aliphatic carbocycles. The first-order chi connectivity index (χ1) is 10.7. The Morgan fingerprint density at radius 1 is 1.13 bits per heavy atom. The molecular formula is C13H26N4O6. The smallest absolute Gasteiger partial charge is 0.328 e. The highest BCUT2D eigenvalue weighted by atomic mass is 16.4. The Morgan fingerprint density at radius 3 is 2.17 bits per heavy atom. The Balaban J connectivity index is 4.60. The van der Waals surface area contributed by atoms with Crippen LogP contribution in [0.4, 0.5) is 0 Å². The molecule has 9 N–H and O–H groups in total. The molecule has 4 atom stereocenters. The molecule has 10 heteroatoms. The highest BCUT2D eigenvalue weighted by molar-refractivity contribution is 5.91. The molecule has 2 amide bonds. The van der Waals surface area contributed by atoms with Crippen LogP contribution in [0.25, 0.3) is 0 Å². The number of aliphatic hydroxyl groups excluding tert-OH is 2. The van der Waals surface area contributed by atoms with Crippen molar-refractivity contribution in [1.29, 1.82) is 0 Å². The molecule has 0 rings (SSSR count). The average molecular weight is 334 g/mol. The number of carboxylic acid groups (broad SMARTS) is 1. The number of nitrogens with two attached hydrogens (primary N) is 2. The summed E-state index contributed by atoms with van der Waals surface area (Å²) < 4.78 is 0. The maximum Gasteiger partial charge on any atom is 0.328 e. The van der Waals surface area contributed by atoms with Gasteiger partial charge in [0.2, 0.25) is 11.8 Å². The molecule has 0 saturated heterocycles. The maximum absolute atomic E-state index is 11.9. The van der Waals surface area contributed by atoms with Gasteiger partial charge in [-0.25, -0.2) is 4.79 Å². The largest absolute Gasteiger partial charge is 0.480 e. The average Bonchev–Trinajstić information content (AvgIpc) is 2.48. The lowest BCUT2D eigenvalue weighted by molar-refractivity contribution is -0.145. The van der Waals surface area contributed by atoms with Gasteiger partial charge in [-0.2, -0.15) is 0 Å². The lowest BCUT2D eigenvalue weighted by Crippen LogP contribution is -2.57. The van der Waals surface area contributed by atoms with Crippen LogP contribution in [-0.2, 0) is 14.4 Å². The predicted molar refractivity (Wildman–Crippen MR) is 81.1 cm³/mol. The number of hydrogen-bond acceptors (Lipinski definition) is 7. The molecule has 0 spiro atoms. The van der Waals surface area contributed by atoms with Crippen molar-refractivity contribution in [2.24, 2.45) is 11.5 Å². The molecule has 134 valence electrons. The second-order valence-corrected chi connectivity index (χ2v) is 5.20. The van der Waals surface area contributed by atoms with E-state index in [0.717, 1.165) is 0 Å². The van der Waals surface area contributed by atoms with E-state index >= 15 is 0 Å². The van der Waals surface area contributed by atoms with Gasteiger partial charge in [0, 0.05) is 0 Å². The highest BCUT2D eigenvalue weighted by Gasteiger charge is 2.29. The minimum Gasteiger partial charge on any atom is -0.480 e. The SMILES string of the molecule is CC(O)C(NC(=O)C(CO)NC(=O)C(N)CCCCN)C(=O)O. The number of hydrogen-bond donors (Lipinski definition) is 7. The number of rotatable bonds is 11. The van der Waals surface area contributed by atoms with E-state index in [0.29, 0.717) is 25.8 Å². The van der Waals surface area contributed by atoms with Crippen molar-refractivity contribution >= 4 is 17.8 Å². The third kappa shape index (κ3) is 7.88. The second-order valence-electron chi connectivity index (χ2n) is 5.20. The van der Waals surface area contributed by atoms with E-state index in [4.69, 9.17) is 16.6 Å². The molecule has 0 fully saturated rings. The molecule has 0 heterocycles. The van der Waals surface area contributed by atoms with Crippen LogP contribution in [0.5, 0.6) is 0 Å². The first-order valence-corrected chi connectivity index (χ1v) is 7.32. The third-order valence-electron chi connectivity index (χ3n) is 3.17. The van der Waals surface area contributed by atoms with Crippen LogP contribution < -0.4 is 22.1 Å². The van der Waals surface area contributed by atoms with Crippen molar-refractivity contribution < 1.29 is 29.7 Å². The summed E-state index contributed by atoms with van der Waals surface area (Å²) in [6.07, 6.45) is 0.378. The minimum absolute atomic E-state index is 0.369. The number of nitrogens with one attached hydrogen (secondary N) is 2. The fourth-order valence-corrected chi connectivity index (χ4v) is 1.76. The summed E-state index contributed by atoms with van der Waals surface area (Å²) >= 11 is 0. The number of aliphatic hydroxyl groups is 2. The van der Waals surface area contributed by atoms with Gasteiger partial charge in [-0.1, -0.05) is 6.42 Å². The van der Waals surface area contributed by atoms with E-state index < -0.39 is 48.6 Å². The molecule has 0 aromatic rings. The van der Waals surface area contributed by atoms with Crippen LogP contribution >= 0.6 is 0 Å². The Morgan fingerprint density at radius 2 is 1.74 bits per heavy atom. The summed E-state index contributed by atoms with van der Waals surface area (Å²) in [6.45, 7) is 0.935. The van der Waals surface area contributed by atoms with Crippen molar-refractivity contribution in [3.8, 4) is 0 Å². The lowest BCUT2D eigenvalue weighted by Gasteiger charge is -2.22. The summed E-state index contributed by atoms with van der Waals surface area (Å²) in [7, 11) is 0. The monoisotopic (exact) mass is 334 g/mol. The van der Waals surface area contributed by atoms with Crippen LogP contribution in [0.3, 0.4) is 0 Å². The van der Waals surface area contributed by atoms with Gasteiger partial charge in [-0.15, -0.1) is 0 Å². The predicted octanol–water partition coefficient (Wildman–Crippen LogP) is -3.13. The number of carbonyl (C=O) groups excluding carboxylic acids is 2. The summed E-state index contributed by atoms with van der Waals surface area (Å²) in [5.74, 6) is -3.00. The van der Waals surface area contributed by atoms with Gasteiger partial charge < -0.3 is 37.4 Å². The molecule has 10 nitrogen and oxygen atoms in total. The molecule has 0 aliphatic heterocycles. The van der Waals surface area contributed by atoms with Crippen LogP contribution in [0, 0.1) is 0 Å². The molecule has 0 aromatic carbocycles.